The van der Waals surface area contributed by atoms with Gasteiger partial charge in [0.1, 0.15) is 12.3 Å². The molecule has 0 spiro atoms. The Morgan fingerprint density at radius 3 is 2.42 bits per heavy atom. The largest absolute Gasteiger partial charge is 0.416 e. The normalized spacial score (nSPS) is 14.6. The SMILES string of the molecule is COCC(=O)N1CCN(Cc2c(-c3cccc([N+](=O)[O-])c3)nc3ccc(-c4cccc(C(F)(F)F)c4)cn23)CC1. The van der Waals surface area contributed by atoms with Gasteiger partial charge >= 0.3 is 6.18 Å². The van der Waals surface area contributed by atoms with Gasteiger partial charge < -0.3 is 14.0 Å². The van der Waals surface area contributed by atoms with Crippen LogP contribution in [0.1, 0.15) is 11.3 Å². The summed E-state index contributed by atoms with van der Waals surface area (Å²) in [5.74, 6) is -0.0834. The van der Waals surface area contributed by atoms with Crippen LogP contribution in [0.2, 0.25) is 0 Å². The minimum atomic E-state index is -4.47. The lowest BCUT2D eigenvalue weighted by atomic mass is 10.0. The fourth-order valence-corrected chi connectivity index (χ4v) is 4.87. The van der Waals surface area contributed by atoms with Crippen molar-refractivity contribution >= 4 is 17.2 Å². The molecule has 2 aromatic heterocycles. The zero-order valence-electron chi connectivity index (χ0n) is 21.6. The van der Waals surface area contributed by atoms with Crippen LogP contribution in [0.3, 0.4) is 0 Å². The van der Waals surface area contributed by atoms with E-state index in [4.69, 9.17) is 9.72 Å². The smallest absolute Gasteiger partial charge is 0.375 e. The van der Waals surface area contributed by atoms with Crippen LogP contribution in [-0.4, -0.2) is 69.9 Å². The fourth-order valence-electron chi connectivity index (χ4n) is 4.87. The van der Waals surface area contributed by atoms with E-state index in [2.05, 4.69) is 4.90 Å². The van der Waals surface area contributed by atoms with Gasteiger partial charge in [-0.1, -0.05) is 24.3 Å². The molecule has 0 aliphatic carbocycles. The molecule has 2 aromatic carbocycles. The number of aromatic nitrogens is 2. The molecule has 208 valence electrons. The maximum Gasteiger partial charge on any atom is 0.416 e. The number of halogens is 3. The molecule has 1 saturated heterocycles. The number of piperazine rings is 1. The summed E-state index contributed by atoms with van der Waals surface area (Å²) in [6, 6.07) is 14.8. The Kier molecular flexibility index (Phi) is 7.55. The van der Waals surface area contributed by atoms with Crippen molar-refractivity contribution in [2.24, 2.45) is 0 Å². The summed E-state index contributed by atoms with van der Waals surface area (Å²) in [7, 11) is 1.47. The lowest BCUT2D eigenvalue weighted by Crippen LogP contribution is -2.49. The molecular weight excluding hydrogens is 527 g/mol. The van der Waals surface area contributed by atoms with Crippen molar-refractivity contribution < 1.29 is 27.6 Å². The van der Waals surface area contributed by atoms with Crippen LogP contribution in [0.5, 0.6) is 0 Å². The molecule has 40 heavy (non-hydrogen) atoms. The second-order valence-corrected chi connectivity index (χ2v) is 9.53. The zero-order chi connectivity index (χ0) is 28.4. The molecule has 4 aromatic rings. The summed E-state index contributed by atoms with van der Waals surface area (Å²) in [5.41, 5.74) is 2.55. The maximum atomic E-state index is 13.4. The Morgan fingerprint density at radius 1 is 1.00 bits per heavy atom. The Morgan fingerprint density at radius 2 is 1.73 bits per heavy atom. The van der Waals surface area contributed by atoms with Gasteiger partial charge in [0.25, 0.3) is 5.69 Å². The summed E-state index contributed by atoms with van der Waals surface area (Å²) < 4.78 is 46.9. The summed E-state index contributed by atoms with van der Waals surface area (Å²) in [6.45, 7) is 2.63. The second-order valence-electron chi connectivity index (χ2n) is 9.53. The van der Waals surface area contributed by atoms with Crippen LogP contribution in [0.15, 0.2) is 66.9 Å². The number of pyridine rings is 1. The minimum absolute atomic E-state index is 0.0164. The number of hydrogen-bond acceptors (Lipinski definition) is 6. The van der Waals surface area contributed by atoms with Crippen molar-refractivity contribution in [1.29, 1.82) is 0 Å². The number of methoxy groups -OCH3 is 1. The van der Waals surface area contributed by atoms with E-state index in [-0.39, 0.29) is 18.2 Å². The monoisotopic (exact) mass is 553 g/mol. The summed E-state index contributed by atoms with van der Waals surface area (Å²) in [6.07, 6.45) is -2.73. The van der Waals surface area contributed by atoms with Gasteiger partial charge in [-0.2, -0.15) is 13.2 Å². The molecule has 9 nitrogen and oxygen atoms in total. The number of carbonyl (C=O) groups is 1. The number of ether oxygens (including phenoxy) is 1. The molecule has 12 heteroatoms. The Bertz CT molecular complexity index is 1560. The fraction of sp³-hybridized carbons (Fsp3) is 0.286. The van der Waals surface area contributed by atoms with Crippen LogP contribution < -0.4 is 0 Å². The zero-order valence-corrected chi connectivity index (χ0v) is 21.6. The molecule has 1 fully saturated rings. The number of non-ortho nitro benzene ring substituents is 1. The summed E-state index contributed by atoms with van der Waals surface area (Å²) in [4.78, 5) is 31.8. The highest BCUT2D eigenvalue weighted by Crippen LogP contribution is 2.34. The lowest BCUT2D eigenvalue weighted by molar-refractivity contribution is -0.384. The van der Waals surface area contributed by atoms with Gasteiger partial charge in [-0.05, 0) is 35.4 Å². The van der Waals surface area contributed by atoms with E-state index in [0.717, 1.165) is 17.8 Å². The van der Waals surface area contributed by atoms with E-state index in [9.17, 15) is 28.1 Å². The van der Waals surface area contributed by atoms with Crippen molar-refractivity contribution in [3.63, 3.8) is 0 Å². The van der Waals surface area contributed by atoms with Gasteiger partial charge in [-0.15, -0.1) is 0 Å². The van der Waals surface area contributed by atoms with E-state index in [1.54, 1.807) is 41.4 Å². The number of hydrogen-bond donors (Lipinski definition) is 0. The number of fused-ring (bicyclic) bond motifs is 1. The van der Waals surface area contributed by atoms with Gasteiger partial charge in [-0.3, -0.25) is 19.8 Å². The molecule has 0 radical (unpaired) electrons. The molecule has 5 rings (SSSR count). The van der Waals surface area contributed by atoms with Crippen LogP contribution in [0, 0.1) is 10.1 Å². The highest BCUT2D eigenvalue weighted by atomic mass is 19.4. The third kappa shape index (κ3) is 5.68. The second kappa shape index (κ2) is 11.1. The molecule has 0 N–H and O–H groups in total. The highest BCUT2D eigenvalue weighted by Gasteiger charge is 2.30. The molecule has 0 saturated carbocycles. The molecule has 0 atom stereocenters. The number of nitro benzene ring substituents is 1. The third-order valence-corrected chi connectivity index (χ3v) is 6.94. The van der Waals surface area contributed by atoms with Gasteiger partial charge in [0.05, 0.1) is 21.9 Å². The van der Waals surface area contributed by atoms with Gasteiger partial charge in [0.2, 0.25) is 5.91 Å². The predicted molar refractivity (Wildman–Crippen MR) is 141 cm³/mol. The van der Waals surface area contributed by atoms with Crippen LogP contribution in [-0.2, 0) is 22.3 Å². The molecule has 1 aliphatic rings. The van der Waals surface area contributed by atoms with Gasteiger partial charge in [0, 0.05) is 63.7 Å². The molecule has 0 bridgehead atoms. The predicted octanol–water partition coefficient (Wildman–Crippen LogP) is 4.89. The molecule has 0 unspecified atom stereocenters. The van der Waals surface area contributed by atoms with E-state index in [1.165, 1.54) is 25.3 Å². The summed E-state index contributed by atoms with van der Waals surface area (Å²) >= 11 is 0. The first-order valence-electron chi connectivity index (χ1n) is 12.6. The van der Waals surface area contributed by atoms with Crippen molar-refractivity contribution in [2.75, 3.05) is 39.9 Å². The average Bonchev–Trinajstić information content (AvgIpc) is 3.30. The Balaban J connectivity index is 1.55. The standard InChI is InChI=1S/C28H26F3N5O4/c1-40-18-26(37)34-12-10-33(11-13-34)17-24-27(20-5-3-7-23(15-20)36(38)39)32-25-9-8-21(16-35(24)25)19-4-2-6-22(14-19)28(29,30)31/h2-9,14-16H,10-13,17-18H2,1H3. The number of alkyl halides is 3. The Labute approximate surface area is 227 Å². The minimum Gasteiger partial charge on any atom is -0.375 e. The number of carbonyl (C=O) groups excluding carboxylic acids is 1. The quantitative estimate of drug-likeness (QED) is 0.239. The van der Waals surface area contributed by atoms with E-state index >= 15 is 0 Å². The topological polar surface area (TPSA) is 93.2 Å². The van der Waals surface area contributed by atoms with Crippen LogP contribution in [0.25, 0.3) is 28.0 Å². The highest BCUT2D eigenvalue weighted by molar-refractivity contribution is 5.77. The first-order chi connectivity index (χ1) is 19.1. The van der Waals surface area contributed by atoms with Crippen molar-refractivity contribution in [3.8, 4) is 22.4 Å². The third-order valence-electron chi connectivity index (χ3n) is 6.94. The van der Waals surface area contributed by atoms with Crippen LogP contribution in [0.4, 0.5) is 18.9 Å². The van der Waals surface area contributed by atoms with Gasteiger partial charge in [-0.25, -0.2) is 4.98 Å². The molecule has 1 aliphatic heterocycles. The molecule has 3 heterocycles. The average molecular weight is 554 g/mol. The maximum absolute atomic E-state index is 13.4. The first kappa shape index (κ1) is 27.3. The van der Waals surface area contributed by atoms with Gasteiger partial charge in [0.15, 0.2) is 0 Å². The van der Waals surface area contributed by atoms with Crippen molar-refractivity contribution in [1.82, 2.24) is 19.2 Å². The number of rotatable bonds is 7. The number of amides is 1. The van der Waals surface area contributed by atoms with Crippen LogP contribution >= 0.6 is 0 Å². The molecule has 1 amide bonds. The van der Waals surface area contributed by atoms with E-state index in [1.807, 2.05) is 4.40 Å². The summed E-state index contributed by atoms with van der Waals surface area (Å²) in [5, 5.41) is 11.4. The Hall–Kier alpha value is -4.29. The van der Waals surface area contributed by atoms with Crippen molar-refractivity contribution in [3.05, 3.63) is 88.2 Å². The number of imidazole rings is 1. The number of nitro groups is 1. The lowest BCUT2D eigenvalue weighted by Gasteiger charge is -2.34. The number of nitrogens with zero attached hydrogens (tertiary/aromatic N) is 5. The van der Waals surface area contributed by atoms with Crippen molar-refractivity contribution in [2.45, 2.75) is 12.7 Å². The first-order valence-corrected chi connectivity index (χ1v) is 12.6. The van der Waals surface area contributed by atoms with E-state index < -0.39 is 16.7 Å². The molecular formula is C28H26F3N5O4. The number of benzene rings is 2. The van der Waals surface area contributed by atoms with E-state index in [0.29, 0.717) is 60.8 Å².